The van der Waals surface area contributed by atoms with Gasteiger partial charge in [0.25, 0.3) is 0 Å². The highest BCUT2D eigenvalue weighted by atomic mass is 16.6. The van der Waals surface area contributed by atoms with Gasteiger partial charge in [-0.25, -0.2) is 0 Å². The van der Waals surface area contributed by atoms with Gasteiger partial charge < -0.3 is 15.8 Å². The van der Waals surface area contributed by atoms with Gasteiger partial charge in [-0.1, -0.05) is 12.1 Å². The van der Waals surface area contributed by atoms with Crippen LogP contribution < -0.4 is 11.1 Å². The Morgan fingerprint density at radius 2 is 1.84 bits per heavy atom. The van der Waals surface area contributed by atoms with Gasteiger partial charge in [0.2, 0.25) is 5.91 Å². The van der Waals surface area contributed by atoms with E-state index in [-0.39, 0.29) is 24.8 Å². The first-order chi connectivity index (χ1) is 8.78. The molecule has 0 aliphatic heterocycles. The maximum atomic E-state index is 11.7. The molecule has 0 saturated carbocycles. The molecule has 0 aliphatic rings. The lowest BCUT2D eigenvalue weighted by atomic mass is 10.1. The molecule has 1 aromatic carbocycles. The first-order valence-electron chi connectivity index (χ1n) is 6.09. The normalized spacial score (nSPS) is 10.9. The van der Waals surface area contributed by atoms with Crippen LogP contribution in [0.4, 0.5) is 5.69 Å². The maximum absolute atomic E-state index is 11.7. The van der Waals surface area contributed by atoms with E-state index in [0.717, 1.165) is 5.56 Å². The first-order valence-corrected chi connectivity index (χ1v) is 6.09. The van der Waals surface area contributed by atoms with Crippen molar-refractivity contribution < 1.29 is 14.3 Å². The Balaban J connectivity index is 2.43. The predicted molar refractivity (Wildman–Crippen MR) is 73.4 cm³/mol. The molecule has 0 saturated heterocycles. The molecule has 0 bridgehead atoms. The van der Waals surface area contributed by atoms with E-state index in [0.29, 0.717) is 5.69 Å². The fraction of sp³-hybridized carbons (Fsp3) is 0.429. The number of benzene rings is 1. The third kappa shape index (κ3) is 5.90. The molecule has 5 nitrogen and oxygen atoms in total. The van der Waals surface area contributed by atoms with Crippen LogP contribution in [0.15, 0.2) is 24.3 Å². The van der Waals surface area contributed by atoms with Gasteiger partial charge in [-0.05, 0) is 31.5 Å². The summed E-state index contributed by atoms with van der Waals surface area (Å²) in [4.78, 5) is 22.6. The van der Waals surface area contributed by atoms with E-state index < -0.39 is 5.60 Å². The number of nitrogen functional groups attached to an aromatic ring is 1. The SMILES string of the molecule is CC(=O)OC(C)(C)CNC(=O)Cc1ccc(N)cc1. The lowest BCUT2D eigenvalue weighted by molar-refractivity contribution is -0.153. The van der Waals surface area contributed by atoms with Crippen molar-refractivity contribution in [3.05, 3.63) is 29.8 Å². The Kier molecular flexibility index (Phi) is 4.92. The largest absolute Gasteiger partial charge is 0.458 e. The average molecular weight is 264 g/mol. The molecular weight excluding hydrogens is 244 g/mol. The number of nitrogens with two attached hydrogens (primary N) is 1. The summed E-state index contributed by atoms with van der Waals surface area (Å²) in [6.07, 6.45) is 0.274. The van der Waals surface area contributed by atoms with Gasteiger partial charge in [0.1, 0.15) is 5.60 Å². The quantitative estimate of drug-likeness (QED) is 0.620. The first kappa shape index (κ1) is 15.0. The highest BCUT2D eigenvalue weighted by Crippen LogP contribution is 2.09. The highest BCUT2D eigenvalue weighted by molar-refractivity contribution is 5.78. The molecule has 19 heavy (non-hydrogen) atoms. The number of amides is 1. The van der Waals surface area contributed by atoms with Crippen LogP contribution in [-0.4, -0.2) is 24.0 Å². The van der Waals surface area contributed by atoms with Crippen molar-refractivity contribution >= 4 is 17.6 Å². The lowest BCUT2D eigenvalue weighted by Gasteiger charge is -2.24. The van der Waals surface area contributed by atoms with Crippen LogP contribution in [0.2, 0.25) is 0 Å². The topological polar surface area (TPSA) is 81.4 Å². The van der Waals surface area contributed by atoms with Gasteiger partial charge in [0.15, 0.2) is 0 Å². The summed E-state index contributed by atoms with van der Waals surface area (Å²) in [6.45, 7) is 5.12. The minimum atomic E-state index is -0.706. The molecule has 0 aliphatic carbocycles. The molecule has 3 N–H and O–H groups in total. The summed E-state index contributed by atoms with van der Waals surface area (Å²) in [7, 11) is 0. The zero-order valence-electron chi connectivity index (χ0n) is 11.5. The van der Waals surface area contributed by atoms with Gasteiger partial charge in [0, 0.05) is 12.6 Å². The van der Waals surface area contributed by atoms with Crippen molar-refractivity contribution in [2.75, 3.05) is 12.3 Å². The molecule has 1 amide bonds. The summed E-state index contributed by atoms with van der Waals surface area (Å²) in [5.74, 6) is -0.484. The number of carbonyl (C=O) groups excluding carboxylic acids is 2. The van der Waals surface area contributed by atoms with Gasteiger partial charge in [-0.2, -0.15) is 0 Å². The second-order valence-electron chi connectivity index (χ2n) is 5.05. The fourth-order valence-corrected chi connectivity index (χ4v) is 1.62. The molecule has 0 atom stereocenters. The average Bonchev–Trinajstić information content (AvgIpc) is 2.28. The number of ether oxygens (including phenoxy) is 1. The van der Waals surface area contributed by atoms with E-state index in [1.807, 2.05) is 12.1 Å². The highest BCUT2D eigenvalue weighted by Gasteiger charge is 2.21. The molecule has 0 fully saturated rings. The Hall–Kier alpha value is -2.04. The van der Waals surface area contributed by atoms with Gasteiger partial charge >= 0.3 is 5.97 Å². The molecule has 0 heterocycles. The molecule has 0 spiro atoms. The van der Waals surface area contributed by atoms with Crippen molar-refractivity contribution in [2.45, 2.75) is 32.8 Å². The summed E-state index contributed by atoms with van der Waals surface area (Å²) >= 11 is 0. The number of nitrogens with one attached hydrogen (secondary N) is 1. The van der Waals surface area contributed by atoms with E-state index >= 15 is 0 Å². The van der Waals surface area contributed by atoms with Crippen molar-refractivity contribution in [2.24, 2.45) is 0 Å². The summed E-state index contributed by atoms with van der Waals surface area (Å²) in [6, 6.07) is 7.13. The smallest absolute Gasteiger partial charge is 0.303 e. The maximum Gasteiger partial charge on any atom is 0.303 e. The number of esters is 1. The molecule has 104 valence electrons. The second-order valence-corrected chi connectivity index (χ2v) is 5.05. The third-order valence-corrected chi connectivity index (χ3v) is 2.48. The standard InChI is InChI=1S/C14H20N2O3/c1-10(17)19-14(2,3)9-16-13(18)8-11-4-6-12(15)7-5-11/h4-7H,8-9,15H2,1-3H3,(H,16,18). The van der Waals surface area contributed by atoms with Gasteiger partial charge in [0.05, 0.1) is 13.0 Å². The van der Waals surface area contributed by atoms with Crippen LogP contribution in [0.5, 0.6) is 0 Å². The van der Waals surface area contributed by atoms with Crippen LogP contribution >= 0.6 is 0 Å². The Morgan fingerprint density at radius 3 is 2.37 bits per heavy atom. The van der Waals surface area contributed by atoms with E-state index in [1.165, 1.54) is 6.92 Å². The molecular formula is C14H20N2O3. The minimum absolute atomic E-state index is 0.120. The number of anilines is 1. The Morgan fingerprint density at radius 1 is 1.26 bits per heavy atom. The minimum Gasteiger partial charge on any atom is -0.458 e. The molecule has 1 rings (SSSR count). The van der Waals surface area contributed by atoms with Gasteiger partial charge in [-0.15, -0.1) is 0 Å². The van der Waals surface area contributed by atoms with Crippen LogP contribution in [-0.2, 0) is 20.7 Å². The van der Waals surface area contributed by atoms with E-state index in [9.17, 15) is 9.59 Å². The Bertz CT molecular complexity index is 452. The van der Waals surface area contributed by atoms with Crippen LogP contribution in [0.3, 0.4) is 0 Å². The summed E-state index contributed by atoms with van der Waals surface area (Å²) < 4.78 is 5.08. The van der Waals surface area contributed by atoms with Crippen LogP contribution in [0.1, 0.15) is 26.3 Å². The number of carbonyl (C=O) groups is 2. The zero-order chi connectivity index (χ0) is 14.5. The Labute approximate surface area is 113 Å². The predicted octanol–water partition coefficient (Wildman–Crippen LogP) is 1.27. The van der Waals surface area contributed by atoms with Crippen LogP contribution in [0, 0.1) is 0 Å². The fourth-order valence-electron chi connectivity index (χ4n) is 1.62. The van der Waals surface area contributed by atoms with Crippen LogP contribution in [0.25, 0.3) is 0 Å². The van der Waals surface area contributed by atoms with Gasteiger partial charge in [-0.3, -0.25) is 9.59 Å². The number of hydrogen-bond acceptors (Lipinski definition) is 4. The lowest BCUT2D eigenvalue weighted by Crippen LogP contribution is -2.41. The van der Waals surface area contributed by atoms with Crippen molar-refractivity contribution in [1.29, 1.82) is 0 Å². The number of rotatable bonds is 5. The van der Waals surface area contributed by atoms with E-state index in [2.05, 4.69) is 5.32 Å². The third-order valence-electron chi connectivity index (χ3n) is 2.48. The molecule has 0 unspecified atom stereocenters. The second kappa shape index (κ2) is 6.22. The monoisotopic (exact) mass is 264 g/mol. The molecule has 1 aromatic rings. The molecule has 5 heteroatoms. The molecule has 0 aromatic heterocycles. The van der Waals surface area contributed by atoms with Crippen molar-refractivity contribution in [3.63, 3.8) is 0 Å². The summed E-state index contributed by atoms with van der Waals surface area (Å²) in [5.41, 5.74) is 6.42. The van der Waals surface area contributed by atoms with E-state index in [4.69, 9.17) is 10.5 Å². The van der Waals surface area contributed by atoms with Crippen molar-refractivity contribution in [1.82, 2.24) is 5.32 Å². The van der Waals surface area contributed by atoms with Crippen molar-refractivity contribution in [3.8, 4) is 0 Å². The summed E-state index contributed by atoms with van der Waals surface area (Å²) in [5, 5.41) is 2.74. The van der Waals surface area contributed by atoms with E-state index in [1.54, 1.807) is 26.0 Å². The molecule has 0 radical (unpaired) electrons. The number of hydrogen-bond donors (Lipinski definition) is 2. The zero-order valence-corrected chi connectivity index (χ0v) is 11.5.